The first-order valence-electron chi connectivity index (χ1n) is 8.33. The molecule has 4 rings (SSSR count). The summed E-state index contributed by atoms with van der Waals surface area (Å²) in [6.07, 6.45) is 1.61. The number of aromatic amines is 1. The van der Waals surface area contributed by atoms with Gasteiger partial charge in [0, 0.05) is 35.7 Å². The van der Waals surface area contributed by atoms with E-state index in [0.29, 0.717) is 24.8 Å². The van der Waals surface area contributed by atoms with E-state index < -0.39 is 5.91 Å². The third-order valence-corrected chi connectivity index (χ3v) is 4.31. The van der Waals surface area contributed by atoms with Gasteiger partial charge in [-0.2, -0.15) is 0 Å². The maximum atomic E-state index is 12.4. The highest BCUT2D eigenvalue weighted by Gasteiger charge is 2.14. The smallest absolute Gasteiger partial charge is 0.314 e. The summed E-state index contributed by atoms with van der Waals surface area (Å²) in [6.45, 7) is 2.92. The second kappa shape index (κ2) is 6.93. The van der Waals surface area contributed by atoms with Crippen molar-refractivity contribution in [2.75, 3.05) is 36.9 Å². The Labute approximate surface area is 149 Å². The molecule has 132 valence electrons. The summed E-state index contributed by atoms with van der Waals surface area (Å²) >= 11 is 0. The Morgan fingerprint density at radius 2 is 1.96 bits per heavy atom. The van der Waals surface area contributed by atoms with Gasteiger partial charge in [0.2, 0.25) is 0 Å². The number of nitrogens with one attached hydrogen (secondary N) is 1. The van der Waals surface area contributed by atoms with Crippen LogP contribution in [0.25, 0.3) is 10.8 Å². The SMILES string of the molecule is Nc1[nH]c(N=NC(=O)c2cc(N3CCOCC3)ccn2)c2ccccc12. The second-order valence-electron chi connectivity index (χ2n) is 5.94. The molecule has 1 fully saturated rings. The number of H-pyrrole nitrogens is 1. The van der Waals surface area contributed by atoms with Gasteiger partial charge in [-0.15, -0.1) is 10.2 Å². The van der Waals surface area contributed by atoms with E-state index in [1.807, 2.05) is 30.3 Å². The number of hydrogen-bond donors (Lipinski definition) is 2. The number of rotatable bonds is 3. The lowest BCUT2D eigenvalue weighted by molar-refractivity contribution is 0.0990. The normalized spacial score (nSPS) is 15.0. The van der Waals surface area contributed by atoms with Gasteiger partial charge in [0.15, 0.2) is 5.82 Å². The molecule has 1 saturated heterocycles. The van der Waals surface area contributed by atoms with E-state index in [4.69, 9.17) is 10.5 Å². The van der Waals surface area contributed by atoms with Crippen LogP contribution < -0.4 is 10.6 Å². The lowest BCUT2D eigenvalue weighted by atomic mass is 10.2. The number of morpholine rings is 1. The Kier molecular flexibility index (Phi) is 4.32. The highest BCUT2D eigenvalue weighted by atomic mass is 16.5. The average Bonchev–Trinajstić information content (AvgIpc) is 3.03. The number of nitrogen functional groups attached to an aromatic ring is 1. The number of nitrogens with two attached hydrogens (primary N) is 1. The number of amides is 1. The van der Waals surface area contributed by atoms with Crippen LogP contribution in [0.1, 0.15) is 10.5 Å². The molecule has 3 aromatic rings. The average molecular weight is 350 g/mol. The summed E-state index contributed by atoms with van der Waals surface area (Å²) in [5.74, 6) is 0.447. The number of fused-ring (bicyclic) bond motifs is 1. The van der Waals surface area contributed by atoms with E-state index in [1.165, 1.54) is 0 Å². The third-order valence-electron chi connectivity index (χ3n) is 4.31. The van der Waals surface area contributed by atoms with Crippen molar-refractivity contribution in [1.29, 1.82) is 0 Å². The number of carbonyl (C=O) groups is 1. The summed E-state index contributed by atoms with van der Waals surface area (Å²) in [5, 5.41) is 9.51. The van der Waals surface area contributed by atoms with Crippen molar-refractivity contribution in [1.82, 2.24) is 9.97 Å². The molecule has 2 aromatic heterocycles. The van der Waals surface area contributed by atoms with Gasteiger partial charge in [-0.1, -0.05) is 24.3 Å². The van der Waals surface area contributed by atoms with E-state index in [0.717, 1.165) is 29.5 Å². The molecule has 26 heavy (non-hydrogen) atoms. The molecular formula is C18H18N6O2. The molecular weight excluding hydrogens is 332 g/mol. The number of azo groups is 1. The van der Waals surface area contributed by atoms with Crippen molar-refractivity contribution in [3.8, 4) is 0 Å². The van der Waals surface area contributed by atoms with Crippen molar-refractivity contribution in [3.63, 3.8) is 0 Å². The van der Waals surface area contributed by atoms with E-state index in [2.05, 4.69) is 25.1 Å². The maximum absolute atomic E-state index is 12.4. The van der Waals surface area contributed by atoms with Crippen LogP contribution in [0.5, 0.6) is 0 Å². The Morgan fingerprint density at radius 1 is 1.19 bits per heavy atom. The minimum absolute atomic E-state index is 0.251. The van der Waals surface area contributed by atoms with Crippen LogP contribution in [0.4, 0.5) is 17.3 Å². The first-order valence-corrected chi connectivity index (χ1v) is 8.33. The standard InChI is InChI=1S/C18H18N6O2/c19-16-13-3-1-2-4-14(13)17(21-16)22-23-18(25)15-11-12(5-6-20-15)24-7-9-26-10-8-24/h1-6,11,21H,7-10,19H2. The van der Waals surface area contributed by atoms with Crippen LogP contribution >= 0.6 is 0 Å². The number of ether oxygens (including phenoxy) is 1. The minimum atomic E-state index is -0.502. The molecule has 0 radical (unpaired) electrons. The van der Waals surface area contributed by atoms with E-state index in [-0.39, 0.29) is 5.69 Å². The van der Waals surface area contributed by atoms with Crippen molar-refractivity contribution < 1.29 is 9.53 Å². The van der Waals surface area contributed by atoms with Gasteiger partial charge in [0.05, 0.1) is 13.2 Å². The zero-order valence-electron chi connectivity index (χ0n) is 14.1. The van der Waals surface area contributed by atoms with Gasteiger partial charge in [0.25, 0.3) is 0 Å². The van der Waals surface area contributed by atoms with Crippen molar-refractivity contribution in [2.24, 2.45) is 10.2 Å². The number of nitrogens with zero attached hydrogens (tertiary/aromatic N) is 4. The van der Waals surface area contributed by atoms with Gasteiger partial charge in [-0.05, 0) is 12.1 Å². The van der Waals surface area contributed by atoms with Gasteiger partial charge in [-0.25, -0.2) is 0 Å². The van der Waals surface area contributed by atoms with Crippen molar-refractivity contribution >= 4 is 34.0 Å². The molecule has 8 nitrogen and oxygen atoms in total. The molecule has 1 amide bonds. The number of benzene rings is 1. The fraction of sp³-hybridized carbons (Fsp3) is 0.222. The predicted molar refractivity (Wildman–Crippen MR) is 98.8 cm³/mol. The molecule has 0 saturated carbocycles. The van der Waals surface area contributed by atoms with Crippen LogP contribution in [-0.2, 0) is 4.74 Å². The van der Waals surface area contributed by atoms with Gasteiger partial charge < -0.3 is 20.4 Å². The molecule has 0 atom stereocenters. The Morgan fingerprint density at radius 3 is 2.77 bits per heavy atom. The maximum Gasteiger partial charge on any atom is 0.314 e. The fourth-order valence-electron chi connectivity index (χ4n) is 2.97. The van der Waals surface area contributed by atoms with Gasteiger partial charge >= 0.3 is 5.91 Å². The molecule has 8 heteroatoms. The van der Waals surface area contributed by atoms with E-state index in [1.54, 1.807) is 12.3 Å². The second-order valence-corrected chi connectivity index (χ2v) is 5.94. The number of pyridine rings is 1. The quantitative estimate of drug-likeness (QED) is 0.706. The number of hydrogen-bond acceptors (Lipinski definition) is 6. The third kappa shape index (κ3) is 3.14. The number of carbonyl (C=O) groups excluding carboxylic acids is 1. The highest BCUT2D eigenvalue weighted by molar-refractivity contribution is 6.00. The van der Waals surface area contributed by atoms with Crippen LogP contribution in [0.2, 0.25) is 0 Å². The Hall–Kier alpha value is -3.26. The first kappa shape index (κ1) is 16.2. The fourth-order valence-corrected chi connectivity index (χ4v) is 2.97. The first-order chi connectivity index (χ1) is 12.7. The summed E-state index contributed by atoms with van der Waals surface area (Å²) in [5.41, 5.74) is 7.11. The van der Waals surface area contributed by atoms with Crippen molar-refractivity contribution in [2.45, 2.75) is 0 Å². The Balaban J connectivity index is 1.57. The molecule has 0 spiro atoms. The summed E-state index contributed by atoms with van der Waals surface area (Å²) in [6, 6.07) is 11.1. The minimum Gasteiger partial charge on any atom is -0.385 e. The molecule has 3 heterocycles. The van der Waals surface area contributed by atoms with Crippen LogP contribution in [0, 0.1) is 0 Å². The monoisotopic (exact) mass is 350 g/mol. The summed E-state index contributed by atoms with van der Waals surface area (Å²) in [7, 11) is 0. The molecule has 0 aliphatic carbocycles. The van der Waals surface area contributed by atoms with Crippen LogP contribution in [-0.4, -0.2) is 42.2 Å². The molecule has 3 N–H and O–H groups in total. The van der Waals surface area contributed by atoms with E-state index >= 15 is 0 Å². The van der Waals surface area contributed by atoms with Crippen molar-refractivity contribution in [3.05, 3.63) is 48.3 Å². The number of aromatic nitrogens is 2. The topological polar surface area (TPSA) is 109 Å². The molecule has 1 aromatic carbocycles. The Bertz CT molecular complexity index is 975. The summed E-state index contributed by atoms with van der Waals surface area (Å²) in [4.78, 5) is 21.6. The van der Waals surface area contributed by atoms with Crippen LogP contribution in [0.3, 0.4) is 0 Å². The van der Waals surface area contributed by atoms with Gasteiger partial charge in [0.1, 0.15) is 11.5 Å². The zero-order valence-corrected chi connectivity index (χ0v) is 14.1. The molecule has 0 unspecified atom stereocenters. The molecule has 1 aliphatic heterocycles. The lowest BCUT2D eigenvalue weighted by Crippen LogP contribution is -2.36. The zero-order chi connectivity index (χ0) is 17.9. The lowest BCUT2D eigenvalue weighted by Gasteiger charge is -2.28. The van der Waals surface area contributed by atoms with E-state index in [9.17, 15) is 4.79 Å². The molecule has 0 bridgehead atoms. The predicted octanol–water partition coefficient (Wildman–Crippen LogP) is 2.91. The largest absolute Gasteiger partial charge is 0.385 e. The van der Waals surface area contributed by atoms with Crippen LogP contribution in [0.15, 0.2) is 52.8 Å². The molecule has 1 aliphatic rings. The highest BCUT2D eigenvalue weighted by Crippen LogP contribution is 2.30. The van der Waals surface area contributed by atoms with Gasteiger partial charge in [-0.3, -0.25) is 9.78 Å². The summed E-state index contributed by atoms with van der Waals surface area (Å²) < 4.78 is 5.35. The number of anilines is 2.